The number of aliphatic carboxylic acids is 1. The van der Waals surface area contributed by atoms with Crippen LogP contribution < -0.4 is 74.0 Å². The number of ether oxygens (including phenoxy) is 1. The summed E-state index contributed by atoms with van der Waals surface area (Å²) in [6.45, 7) is 5.32. The van der Waals surface area contributed by atoms with Gasteiger partial charge in [-0.2, -0.15) is 0 Å². The van der Waals surface area contributed by atoms with Crippen LogP contribution in [0.4, 0.5) is 0 Å². The van der Waals surface area contributed by atoms with E-state index in [4.69, 9.17) is 4.74 Å². The molecule has 0 aromatic heterocycles. The Kier molecular flexibility index (Phi) is 8.55. The van der Waals surface area contributed by atoms with Crippen LogP contribution in [-0.4, -0.2) is 43.7 Å². The largest absolute Gasteiger partial charge is 1.00 e. The van der Waals surface area contributed by atoms with E-state index >= 15 is 0 Å². The Morgan fingerprint density at radius 2 is 2.08 bits per heavy atom. The van der Waals surface area contributed by atoms with Crippen LogP contribution in [-0.2, 0) is 9.53 Å². The van der Waals surface area contributed by atoms with Gasteiger partial charge in [0.2, 0.25) is 0 Å². The topological polar surface area (TPSA) is 52.6 Å². The summed E-state index contributed by atoms with van der Waals surface area (Å²) >= 11 is 0. The third-order valence-corrected chi connectivity index (χ3v) is 2.04. The van der Waals surface area contributed by atoms with E-state index in [0.717, 1.165) is 13.1 Å². The van der Waals surface area contributed by atoms with Crippen LogP contribution in [0.3, 0.4) is 0 Å². The number of carboxylic acid groups (broad SMARTS) is 1. The van der Waals surface area contributed by atoms with Crippen LogP contribution in [0.1, 0.15) is 6.92 Å². The van der Waals surface area contributed by atoms with Gasteiger partial charge in [-0.15, -0.1) is 0 Å². The molecule has 1 saturated heterocycles. The van der Waals surface area contributed by atoms with Gasteiger partial charge >= 0.3 is 68.9 Å². The number of morpholine rings is 1. The molecular weight excluding hydrogens is 291 g/mol. The Balaban J connectivity index is 0.00000144. The maximum atomic E-state index is 10.4. The number of hydrogen-bond donors (Lipinski definition) is 0. The first-order chi connectivity index (χ1) is 5.70. The van der Waals surface area contributed by atoms with E-state index in [9.17, 15) is 9.90 Å². The average molecular weight is 305 g/mol. The molecule has 0 saturated carbocycles. The van der Waals surface area contributed by atoms with Crippen molar-refractivity contribution in [2.24, 2.45) is 5.92 Å². The maximum absolute atomic E-state index is 10.4. The summed E-state index contributed by atoms with van der Waals surface area (Å²) in [6, 6.07) is 0. The van der Waals surface area contributed by atoms with Gasteiger partial charge in [-0.25, -0.2) is 0 Å². The smallest absolute Gasteiger partial charge is 0.550 e. The molecule has 0 spiro atoms. The van der Waals surface area contributed by atoms with E-state index in [1.165, 1.54) is 0 Å². The third-order valence-electron chi connectivity index (χ3n) is 2.04. The molecule has 0 radical (unpaired) electrons. The van der Waals surface area contributed by atoms with Crippen molar-refractivity contribution in [2.45, 2.75) is 6.92 Å². The molecule has 1 unspecified atom stereocenters. The Morgan fingerprint density at radius 1 is 1.54 bits per heavy atom. The number of carboxylic acids is 1. The molecule has 1 aliphatic heterocycles. The minimum absolute atomic E-state index is 0. The van der Waals surface area contributed by atoms with Gasteiger partial charge in [-0.05, 0) is 0 Å². The summed E-state index contributed by atoms with van der Waals surface area (Å²) in [4.78, 5) is 12.5. The Hall–Kier alpha value is 1.44. The van der Waals surface area contributed by atoms with Gasteiger partial charge in [0, 0.05) is 31.5 Å². The fourth-order valence-corrected chi connectivity index (χ4v) is 1.25. The third kappa shape index (κ3) is 5.78. The summed E-state index contributed by atoms with van der Waals surface area (Å²) in [5, 5.41) is 10.4. The van der Waals surface area contributed by atoms with Crippen molar-refractivity contribution in [1.29, 1.82) is 0 Å². The molecule has 1 atom stereocenters. The molecule has 0 aromatic rings. The van der Waals surface area contributed by atoms with Gasteiger partial charge in [0.05, 0.1) is 13.2 Å². The normalized spacial score (nSPS) is 20.4. The maximum Gasteiger partial charge on any atom is 1.00 e. The fourth-order valence-electron chi connectivity index (χ4n) is 1.25. The molecule has 0 aliphatic carbocycles. The number of carbonyl (C=O) groups excluding carboxylic acids is 1. The molecular formula is C8H14CsNO3. The molecule has 0 N–H and O–H groups in total. The van der Waals surface area contributed by atoms with E-state index in [1.807, 2.05) is 0 Å². The van der Waals surface area contributed by atoms with Crippen LogP contribution in [0.5, 0.6) is 0 Å². The van der Waals surface area contributed by atoms with Crippen molar-refractivity contribution in [1.82, 2.24) is 4.90 Å². The fraction of sp³-hybridized carbons (Fsp3) is 0.875. The standard InChI is InChI=1S/C8H15NO3.Cs/c1-7(8(10)11)6-9-2-4-12-5-3-9;/h7H,2-6H2,1H3,(H,10,11);/q;+1/p-1. The quantitative estimate of drug-likeness (QED) is 0.530. The van der Waals surface area contributed by atoms with Crippen molar-refractivity contribution in [3.05, 3.63) is 0 Å². The van der Waals surface area contributed by atoms with Gasteiger partial charge in [0.1, 0.15) is 0 Å². The zero-order valence-corrected chi connectivity index (χ0v) is 14.6. The molecule has 1 rings (SSSR count). The minimum atomic E-state index is -0.971. The molecule has 1 aliphatic rings. The number of hydrogen-bond acceptors (Lipinski definition) is 4. The molecule has 0 aromatic carbocycles. The van der Waals surface area contributed by atoms with Crippen LogP contribution in [0.15, 0.2) is 0 Å². The zero-order chi connectivity index (χ0) is 8.97. The predicted octanol–water partition coefficient (Wildman–Crippen LogP) is -4.29. The number of nitrogens with zero attached hydrogens (tertiary/aromatic N) is 1. The molecule has 70 valence electrons. The molecule has 1 heterocycles. The molecule has 5 heteroatoms. The first-order valence-corrected chi connectivity index (χ1v) is 4.21. The van der Waals surface area contributed by atoms with Crippen molar-refractivity contribution in [2.75, 3.05) is 32.8 Å². The second kappa shape index (κ2) is 7.70. The van der Waals surface area contributed by atoms with Gasteiger partial charge < -0.3 is 14.6 Å². The Bertz CT molecular complexity index is 159. The summed E-state index contributed by atoms with van der Waals surface area (Å²) in [5.74, 6) is -1.36. The molecule has 1 fully saturated rings. The molecule has 4 nitrogen and oxygen atoms in total. The number of carbonyl (C=O) groups is 1. The first kappa shape index (κ1) is 14.4. The van der Waals surface area contributed by atoms with Crippen molar-refractivity contribution >= 4 is 5.97 Å². The second-order valence-electron chi connectivity index (χ2n) is 3.13. The molecule has 0 amide bonds. The van der Waals surface area contributed by atoms with E-state index in [0.29, 0.717) is 19.8 Å². The van der Waals surface area contributed by atoms with E-state index < -0.39 is 5.97 Å². The second-order valence-corrected chi connectivity index (χ2v) is 3.13. The Morgan fingerprint density at radius 3 is 2.54 bits per heavy atom. The number of rotatable bonds is 3. The van der Waals surface area contributed by atoms with E-state index in [2.05, 4.69) is 4.90 Å². The first-order valence-electron chi connectivity index (χ1n) is 4.21. The van der Waals surface area contributed by atoms with E-state index in [-0.39, 0.29) is 74.8 Å². The summed E-state index contributed by atoms with van der Waals surface area (Å²) in [7, 11) is 0. The monoisotopic (exact) mass is 305 g/mol. The summed E-state index contributed by atoms with van der Waals surface area (Å²) < 4.78 is 5.14. The van der Waals surface area contributed by atoms with Gasteiger partial charge in [-0.1, -0.05) is 6.92 Å². The summed E-state index contributed by atoms with van der Waals surface area (Å²) in [6.07, 6.45) is 0. The van der Waals surface area contributed by atoms with Crippen LogP contribution in [0.25, 0.3) is 0 Å². The van der Waals surface area contributed by atoms with Gasteiger partial charge in [-0.3, -0.25) is 4.90 Å². The van der Waals surface area contributed by atoms with Crippen molar-refractivity contribution in [3.8, 4) is 0 Å². The average Bonchev–Trinajstić information content (AvgIpc) is 2.06. The Labute approximate surface area is 137 Å². The zero-order valence-electron chi connectivity index (χ0n) is 8.28. The van der Waals surface area contributed by atoms with Crippen LogP contribution >= 0.6 is 0 Å². The predicted molar refractivity (Wildman–Crippen MR) is 41.4 cm³/mol. The van der Waals surface area contributed by atoms with Crippen molar-refractivity contribution < 1.29 is 83.5 Å². The van der Waals surface area contributed by atoms with Crippen molar-refractivity contribution in [3.63, 3.8) is 0 Å². The summed E-state index contributed by atoms with van der Waals surface area (Å²) in [5.41, 5.74) is 0. The van der Waals surface area contributed by atoms with Gasteiger partial charge in [0.15, 0.2) is 0 Å². The molecule has 13 heavy (non-hydrogen) atoms. The van der Waals surface area contributed by atoms with Crippen LogP contribution in [0.2, 0.25) is 0 Å². The minimum Gasteiger partial charge on any atom is -0.550 e. The molecule has 0 bridgehead atoms. The van der Waals surface area contributed by atoms with E-state index in [1.54, 1.807) is 6.92 Å². The SMILES string of the molecule is CC(CN1CCOCC1)C(=O)[O-].[Cs+]. The van der Waals surface area contributed by atoms with Gasteiger partial charge in [0.25, 0.3) is 0 Å². The van der Waals surface area contributed by atoms with Crippen LogP contribution in [0, 0.1) is 5.92 Å².